The molecule has 1 aliphatic heterocycles. The second-order valence-corrected chi connectivity index (χ2v) is 7.30. The van der Waals surface area contributed by atoms with Crippen LogP contribution in [0.25, 0.3) is 0 Å². The first-order chi connectivity index (χ1) is 13.1. The Bertz CT molecular complexity index is 898. The molecular formula is C21H24N2O4. The lowest BCUT2D eigenvalue weighted by Crippen LogP contribution is -2.30. The maximum atomic E-state index is 13.1. The van der Waals surface area contributed by atoms with Crippen molar-refractivity contribution in [2.45, 2.75) is 57.6 Å². The Morgan fingerprint density at radius 3 is 2.63 bits per heavy atom. The molecule has 4 rings (SSSR count). The number of aromatic nitrogens is 2. The van der Waals surface area contributed by atoms with E-state index in [-0.39, 0.29) is 35.6 Å². The van der Waals surface area contributed by atoms with Gasteiger partial charge in [-0.2, -0.15) is 0 Å². The summed E-state index contributed by atoms with van der Waals surface area (Å²) in [6, 6.07) is 9.55. The van der Waals surface area contributed by atoms with Crippen molar-refractivity contribution in [2.24, 2.45) is 0 Å². The van der Waals surface area contributed by atoms with E-state index >= 15 is 0 Å². The highest BCUT2D eigenvalue weighted by Gasteiger charge is 2.44. The highest BCUT2D eigenvalue weighted by Crippen LogP contribution is 2.46. The van der Waals surface area contributed by atoms with E-state index in [2.05, 4.69) is 4.98 Å². The van der Waals surface area contributed by atoms with Crippen molar-refractivity contribution in [3.8, 4) is 5.75 Å². The molecular weight excluding hydrogens is 344 g/mol. The molecule has 6 heteroatoms. The van der Waals surface area contributed by atoms with E-state index in [1.807, 2.05) is 30.3 Å². The van der Waals surface area contributed by atoms with Crippen molar-refractivity contribution in [3.63, 3.8) is 0 Å². The van der Waals surface area contributed by atoms with E-state index in [0.29, 0.717) is 6.54 Å². The van der Waals surface area contributed by atoms with Crippen LogP contribution in [0.5, 0.6) is 5.75 Å². The number of ether oxygens (including phenoxy) is 2. The van der Waals surface area contributed by atoms with Crippen LogP contribution in [0, 0.1) is 0 Å². The quantitative estimate of drug-likeness (QED) is 0.758. The summed E-state index contributed by atoms with van der Waals surface area (Å²) in [7, 11) is 0. The SMILES string of the molecule is CCOC(=O)c1nc2n(c(=O)c1OCc1ccccc1)CCC21CCCC1. The van der Waals surface area contributed by atoms with Crippen molar-refractivity contribution in [2.75, 3.05) is 6.61 Å². The molecule has 0 amide bonds. The van der Waals surface area contributed by atoms with Crippen LogP contribution < -0.4 is 10.3 Å². The van der Waals surface area contributed by atoms with Crippen LogP contribution in [0.4, 0.5) is 0 Å². The molecule has 1 aromatic carbocycles. The predicted octanol–water partition coefficient (Wildman–Crippen LogP) is 3.21. The van der Waals surface area contributed by atoms with E-state index in [0.717, 1.165) is 43.5 Å². The molecule has 1 aromatic heterocycles. The highest BCUT2D eigenvalue weighted by atomic mass is 16.5. The molecule has 1 aliphatic carbocycles. The molecule has 0 saturated heterocycles. The number of hydrogen-bond donors (Lipinski definition) is 0. The Morgan fingerprint density at radius 2 is 1.93 bits per heavy atom. The first-order valence-electron chi connectivity index (χ1n) is 9.64. The molecule has 2 aliphatic rings. The monoisotopic (exact) mass is 368 g/mol. The second kappa shape index (κ2) is 7.18. The third-order valence-electron chi connectivity index (χ3n) is 5.67. The van der Waals surface area contributed by atoms with Gasteiger partial charge >= 0.3 is 5.97 Å². The summed E-state index contributed by atoms with van der Waals surface area (Å²) in [4.78, 5) is 30.3. The number of rotatable bonds is 5. The number of fused-ring (bicyclic) bond motifs is 2. The fraction of sp³-hybridized carbons (Fsp3) is 0.476. The molecule has 0 radical (unpaired) electrons. The molecule has 6 nitrogen and oxygen atoms in total. The zero-order valence-corrected chi connectivity index (χ0v) is 15.6. The average molecular weight is 368 g/mol. The van der Waals surface area contributed by atoms with Gasteiger partial charge in [-0.25, -0.2) is 9.78 Å². The van der Waals surface area contributed by atoms with Gasteiger partial charge in [0.2, 0.25) is 5.75 Å². The number of nitrogens with zero attached hydrogens (tertiary/aromatic N) is 2. The molecule has 0 N–H and O–H groups in total. The molecule has 142 valence electrons. The lowest BCUT2D eigenvalue weighted by molar-refractivity contribution is 0.0512. The summed E-state index contributed by atoms with van der Waals surface area (Å²) >= 11 is 0. The van der Waals surface area contributed by atoms with E-state index < -0.39 is 5.97 Å². The van der Waals surface area contributed by atoms with Gasteiger partial charge in [0.05, 0.1) is 6.61 Å². The fourth-order valence-corrected chi connectivity index (χ4v) is 4.31. The lowest BCUT2D eigenvalue weighted by Gasteiger charge is -2.22. The highest BCUT2D eigenvalue weighted by molar-refractivity contribution is 5.90. The molecule has 0 unspecified atom stereocenters. The topological polar surface area (TPSA) is 70.4 Å². The molecule has 2 heterocycles. The zero-order chi connectivity index (χ0) is 18.9. The normalized spacial score (nSPS) is 17.1. The van der Waals surface area contributed by atoms with Gasteiger partial charge in [0.1, 0.15) is 12.4 Å². The van der Waals surface area contributed by atoms with Crippen LogP contribution in [-0.4, -0.2) is 22.1 Å². The fourth-order valence-electron chi connectivity index (χ4n) is 4.31. The van der Waals surface area contributed by atoms with Gasteiger partial charge in [-0.05, 0) is 31.7 Å². The average Bonchev–Trinajstić information content (AvgIpc) is 3.30. The van der Waals surface area contributed by atoms with Crippen LogP contribution in [-0.2, 0) is 23.3 Å². The maximum absolute atomic E-state index is 13.1. The summed E-state index contributed by atoms with van der Waals surface area (Å²) in [5.41, 5.74) is 0.586. The van der Waals surface area contributed by atoms with Crippen molar-refractivity contribution in [1.29, 1.82) is 0 Å². The minimum absolute atomic E-state index is 0.00361. The van der Waals surface area contributed by atoms with E-state index in [1.165, 1.54) is 0 Å². The maximum Gasteiger partial charge on any atom is 0.361 e. The summed E-state index contributed by atoms with van der Waals surface area (Å²) in [5, 5.41) is 0. The molecule has 0 atom stereocenters. The van der Waals surface area contributed by atoms with Crippen molar-refractivity contribution in [1.82, 2.24) is 9.55 Å². The standard InChI is InChI=1S/C21H24N2O4/c1-2-26-19(25)16-17(27-14-15-8-4-3-5-9-15)18(24)23-13-12-21(20(23)22-16)10-6-7-11-21/h3-5,8-9H,2,6-7,10-14H2,1H3. The van der Waals surface area contributed by atoms with Crippen LogP contribution >= 0.6 is 0 Å². The molecule has 2 aromatic rings. The Hall–Kier alpha value is -2.63. The Balaban J connectivity index is 1.75. The number of carbonyl (C=O) groups excluding carboxylic acids is 1. The van der Waals surface area contributed by atoms with E-state index in [1.54, 1.807) is 11.5 Å². The summed E-state index contributed by atoms with van der Waals surface area (Å²) in [6.45, 7) is 2.80. The molecule has 0 bridgehead atoms. The molecule has 1 spiro atoms. The van der Waals surface area contributed by atoms with Crippen LogP contribution in [0.3, 0.4) is 0 Å². The largest absolute Gasteiger partial charge is 0.481 e. The van der Waals surface area contributed by atoms with Gasteiger partial charge in [0.15, 0.2) is 5.69 Å². The summed E-state index contributed by atoms with van der Waals surface area (Å²) in [5.74, 6) is 0.136. The third-order valence-corrected chi connectivity index (χ3v) is 5.67. The first kappa shape index (κ1) is 17.8. The zero-order valence-electron chi connectivity index (χ0n) is 15.6. The predicted molar refractivity (Wildman–Crippen MR) is 100.0 cm³/mol. The second-order valence-electron chi connectivity index (χ2n) is 7.30. The Labute approximate surface area is 158 Å². The van der Waals surface area contributed by atoms with Crippen LogP contribution in [0.2, 0.25) is 0 Å². The third kappa shape index (κ3) is 3.13. The van der Waals surface area contributed by atoms with Crippen molar-refractivity contribution < 1.29 is 14.3 Å². The molecule has 1 saturated carbocycles. The van der Waals surface area contributed by atoms with Gasteiger partial charge in [-0.3, -0.25) is 9.36 Å². The minimum Gasteiger partial charge on any atom is -0.481 e. The van der Waals surface area contributed by atoms with Gasteiger partial charge in [-0.15, -0.1) is 0 Å². The van der Waals surface area contributed by atoms with Gasteiger partial charge in [0, 0.05) is 12.0 Å². The van der Waals surface area contributed by atoms with Crippen molar-refractivity contribution >= 4 is 5.97 Å². The van der Waals surface area contributed by atoms with E-state index in [9.17, 15) is 9.59 Å². The number of benzene rings is 1. The van der Waals surface area contributed by atoms with Crippen LogP contribution in [0.1, 0.15) is 60.9 Å². The molecule has 1 fully saturated rings. The van der Waals surface area contributed by atoms with Gasteiger partial charge in [0.25, 0.3) is 5.56 Å². The minimum atomic E-state index is -0.596. The lowest BCUT2D eigenvalue weighted by atomic mass is 9.84. The van der Waals surface area contributed by atoms with Gasteiger partial charge < -0.3 is 9.47 Å². The smallest absolute Gasteiger partial charge is 0.361 e. The summed E-state index contributed by atoms with van der Waals surface area (Å²) in [6.07, 6.45) is 5.21. The number of esters is 1. The number of carbonyl (C=O) groups is 1. The molecule has 27 heavy (non-hydrogen) atoms. The Morgan fingerprint density at radius 1 is 1.19 bits per heavy atom. The van der Waals surface area contributed by atoms with Crippen molar-refractivity contribution in [3.05, 3.63) is 57.8 Å². The van der Waals surface area contributed by atoms with Crippen LogP contribution in [0.15, 0.2) is 35.1 Å². The van der Waals surface area contributed by atoms with E-state index in [4.69, 9.17) is 9.47 Å². The first-order valence-corrected chi connectivity index (χ1v) is 9.64. The Kier molecular flexibility index (Phi) is 4.72. The number of hydrogen-bond acceptors (Lipinski definition) is 5. The summed E-state index contributed by atoms with van der Waals surface area (Å²) < 4.78 is 12.7. The van der Waals surface area contributed by atoms with Gasteiger partial charge in [-0.1, -0.05) is 43.2 Å².